The van der Waals surface area contributed by atoms with Crippen molar-refractivity contribution in [2.24, 2.45) is 0 Å². The maximum atomic E-state index is 14.0. The Kier molecular flexibility index (Phi) is 2.98. The van der Waals surface area contributed by atoms with Crippen LogP contribution in [0.3, 0.4) is 0 Å². The van der Waals surface area contributed by atoms with E-state index in [0.29, 0.717) is 4.57 Å². The van der Waals surface area contributed by atoms with E-state index in [0.717, 1.165) is 6.20 Å². The second-order valence-corrected chi connectivity index (χ2v) is 4.01. The van der Waals surface area contributed by atoms with Crippen molar-refractivity contribution < 1.29 is 20.7 Å². The number of nitrogens with zero attached hydrogens (tertiary/aromatic N) is 1. The summed E-state index contributed by atoms with van der Waals surface area (Å²) in [5.74, 6) is 0. The van der Waals surface area contributed by atoms with Crippen LogP contribution in [-0.2, 0) is 4.74 Å². The number of rotatable bonds is 2. The fourth-order valence-electron chi connectivity index (χ4n) is 1.69. The van der Waals surface area contributed by atoms with Gasteiger partial charge in [0.2, 0.25) is 0 Å². The Morgan fingerprint density at radius 3 is 2.89 bits per heavy atom. The van der Waals surface area contributed by atoms with Crippen molar-refractivity contribution >= 4 is 0 Å². The summed E-state index contributed by atoms with van der Waals surface area (Å²) in [6.07, 6.45) is -6.84. The Labute approximate surface area is 102 Å². The number of nitrogens with one attached hydrogen (secondary N) is 1. The predicted molar refractivity (Wildman–Crippen MR) is 58.0 cm³/mol. The minimum Gasteiger partial charge on any atom is -0.394 e. The van der Waals surface area contributed by atoms with Crippen molar-refractivity contribution in [1.29, 1.82) is 0 Å². The Balaban J connectivity index is 2.55. The lowest BCUT2D eigenvalue weighted by molar-refractivity contribution is -0.0492. The first-order valence-electron chi connectivity index (χ1n) is 5.75. The highest BCUT2D eigenvalue weighted by Gasteiger charge is 2.45. The van der Waals surface area contributed by atoms with Gasteiger partial charge < -0.3 is 14.9 Å². The van der Waals surface area contributed by atoms with Crippen LogP contribution in [-0.4, -0.2) is 44.8 Å². The summed E-state index contributed by atoms with van der Waals surface area (Å²) in [5, 5.41) is 18.4. The first-order valence-corrected chi connectivity index (χ1v) is 5.25. The molecule has 18 heavy (non-hydrogen) atoms. The molecule has 1 fully saturated rings. The number of alkyl halides is 1. The van der Waals surface area contributed by atoms with Gasteiger partial charge in [-0.3, -0.25) is 14.3 Å². The molecule has 1 aliphatic heterocycles. The number of aromatic nitrogens is 2. The molecule has 1 unspecified atom stereocenters. The van der Waals surface area contributed by atoms with Gasteiger partial charge in [0.1, 0.15) is 12.2 Å². The summed E-state index contributed by atoms with van der Waals surface area (Å²) < 4.78 is 27.3. The molecule has 7 nitrogen and oxygen atoms in total. The zero-order valence-electron chi connectivity index (χ0n) is 10.5. The SMILES string of the molecule is [2H][C@@]1(n2cc(C)c(=O)[nH]c2=O)O[C@H](CO)[C@@H](O)C1F. The molecule has 2 rings (SSSR count). The van der Waals surface area contributed by atoms with E-state index in [9.17, 15) is 19.1 Å². The number of aromatic amines is 1. The Morgan fingerprint density at radius 1 is 1.67 bits per heavy atom. The van der Waals surface area contributed by atoms with E-state index >= 15 is 0 Å². The quantitative estimate of drug-likeness (QED) is 0.597. The molecule has 1 aromatic heterocycles. The molecule has 0 radical (unpaired) electrons. The molecule has 2 heterocycles. The van der Waals surface area contributed by atoms with Crippen LogP contribution in [0.5, 0.6) is 0 Å². The molecule has 0 saturated carbocycles. The topological polar surface area (TPSA) is 105 Å². The van der Waals surface area contributed by atoms with Crippen molar-refractivity contribution in [3.05, 3.63) is 32.6 Å². The summed E-state index contributed by atoms with van der Waals surface area (Å²) in [7, 11) is 0. The standard InChI is InChI=1S/C10H13FN2O5/c1-4-2-13(10(17)12-8(4)16)9-6(11)7(15)5(3-14)18-9/h2,5-7,9,14-15H,3H2,1H3,(H,12,16,17)/t5-,6?,7-,9-/m1/s1/i9D. The van der Waals surface area contributed by atoms with Crippen LogP contribution in [0, 0.1) is 6.92 Å². The molecule has 3 N–H and O–H groups in total. The molecule has 1 saturated heterocycles. The highest BCUT2D eigenvalue weighted by atomic mass is 19.1. The number of ether oxygens (including phenoxy) is 1. The third kappa shape index (κ3) is 1.98. The minimum absolute atomic E-state index is 0.0870. The maximum Gasteiger partial charge on any atom is 0.330 e. The van der Waals surface area contributed by atoms with Crippen molar-refractivity contribution in [3.63, 3.8) is 0 Å². The zero-order chi connectivity index (χ0) is 14.4. The number of aliphatic hydroxyl groups excluding tert-OH is 2. The third-order valence-electron chi connectivity index (χ3n) is 2.73. The number of hydrogen-bond donors (Lipinski definition) is 3. The summed E-state index contributed by atoms with van der Waals surface area (Å²) in [4.78, 5) is 24.8. The Hall–Kier alpha value is -1.51. The normalized spacial score (nSPS) is 36.7. The molecule has 0 aromatic carbocycles. The third-order valence-corrected chi connectivity index (χ3v) is 2.73. The molecule has 1 aromatic rings. The zero-order valence-corrected chi connectivity index (χ0v) is 9.46. The van der Waals surface area contributed by atoms with Crippen molar-refractivity contribution in [2.45, 2.75) is 31.5 Å². The molecule has 0 spiro atoms. The molecule has 0 amide bonds. The summed E-state index contributed by atoms with van der Waals surface area (Å²) in [6.45, 7) is 0.680. The molecular formula is C10H13FN2O5. The van der Waals surface area contributed by atoms with Gasteiger partial charge in [-0.1, -0.05) is 0 Å². The number of hydrogen-bond acceptors (Lipinski definition) is 5. The number of aryl methyl sites for hydroxylation is 1. The van der Waals surface area contributed by atoms with Crippen LogP contribution >= 0.6 is 0 Å². The smallest absolute Gasteiger partial charge is 0.330 e. The van der Waals surface area contributed by atoms with Gasteiger partial charge in [0.15, 0.2) is 12.4 Å². The molecule has 0 bridgehead atoms. The Bertz CT molecular complexity index is 602. The van der Waals surface area contributed by atoms with E-state index in [-0.39, 0.29) is 5.56 Å². The van der Waals surface area contributed by atoms with Crippen LogP contribution < -0.4 is 11.2 Å². The van der Waals surface area contributed by atoms with Gasteiger partial charge in [0.25, 0.3) is 5.56 Å². The molecule has 0 aliphatic carbocycles. The first-order chi connectivity index (χ1) is 8.81. The molecular weight excluding hydrogens is 247 g/mol. The second-order valence-electron chi connectivity index (χ2n) is 4.01. The van der Waals surface area contributed by atoms with Gasteiger partial charge in [-0.15, -0.1) is 0 Å². The first kappa shape index (κ1) is 11.6. The van der Waals surface area contributed by atoms with Crippen molar-refractivity contribution in [1.82, 2.24) is 9.55 Å². The van der Waals surface area contributed by atoms with Gasteiger partial charge in [-0.2, -0.15) is 0 Å². The van der Waals surface area contributed by atoms with Gasteiger partial charge in [0.05, 0.1) is 7.98 Å². The van der Waals surface area contributed by atoms with Gasteiger partial charge >= 0.3 is 5.69 Å². The van der Waals surface area contributed by atoms with E-state index in [1.165, 1.54) is 6.92 Å². The second kappa shape index (κ2) is 4.63. The lowest BCUT2D eigenvalue weighted by atomic mass is 10.1. The van der Waals surface area contributed by atoms with Crippen LogP contribution in [0.25, 0.3) is 0 Å². The van der Waals surface area contributed by atoms with Gasteiger partial charge in [-0.25, -0.2) is 9.18 Å². The molecule has 8 heteroatoms. The fraction of sp³-hybridized carbons (Fsp3) is 0.600. The van der Waals surface area contributed by atoms with Crippen LogP contribution in [0.2, 0.25) is 0 Å². The monoisotopic (exact) mass is 261 g/mol. The van der Waals surface area contributed by atoms with Crippen LogP contribution in [0.15, 0.2) is 15.8 Å². The van der Waals surface area contributed by atoms with E-state index in [1.807, 2.05) is 4.98 Å². The average molecular weight is 261 g/mol. The largest absolute Gasteiger partial charge is 0.394 e. The Morgan fingerprint density at radius 2 is 2.33 bits per heavy atom. The number of halogens is 1. The molecule has 1 aliphatic rings. The summed E-state index contributed by atoms with van der Waals surface area (Å²) in [5.41, 5.74) is -1.60. The van der Waals surface area contributed by atoms with E-state index in [4.69, 9.17) is 11.2 Å². The van der Waals surface area contributed by atoms with E-state index < -0.39 is 42.4 Å². The average Bonchev–Trinajstić information content (AvgIpc) is 2.59. The number of aliphatic hydroxyl groups is 2. The predicted octanol–water partition coefficient (Wildman–Crippen LogP) is -1.57. The van der Waals surface area contributed by atoms with Gasteiger partial charge in [0, 0.05) is 11.8 Å². The number of H-pyrrole nitrogens is 1. The summed E-state index contributed by atoms with van der Waals surface area (Å²) >= 11 is 0. The maximum absolute atomic E-state index is 14.0. The van der Waals surface area contributed by atoms with Crippen molar-refractivity contribution in [2.75, 3.05) is 6.61 Å². The van der Waals surface area contributed by atoms with E-state index in [2.05, 4.69) is 0 Å². The van der Waals surface area contributed by atoms with Crippen LogP contribution in [0.4, 0.5) is 4.39 Å². The molecule has 4 atom stereocenters. The highest BCUT2D eigenvalue weighted by molar-refractivity contribution is 5.03. The molecule has 100 valence electrons. The lowest BCUT2D eigenvalue weighted by Gasteiger charge is -2.15. The van der Waals surface area contributed by atoms with Crippen LogP contribution in [0.1, 0.15) is 13.1 Å². The fourth-order valence-corrected chi connectivity index (χ4v) is 1.69. The van der Waals surface area contributed by atoms with E-state index in [1.54, 1.807) is 0 Å². The minimum atomic E-state index is -2.53. The van der Waals surface area contributed by atoms with Crippen molar-refractivity contribution in [3.8, 4) is 0 Å². The lowest BCUT2D eigenvalue weighted by Crippen LogP contribution is -2.36. The van der Waals surface area contributed by atoms with Gasteiger partial charge in [-0.05, 0) is 6.92 Å². The summed E-state index contributed by atoms with van der Waals surface area (Å²) in [6, 6.07) is 0. The highest BCUT2D eigenvalue weighted by Crippen LogP contribution is 2.30.